The standard InChI is InChI=1S/C11H13N5O/c1-8(9-3-2-4-12-5-9)15-11(17)16-10-6-13-14-7-10/h2-8H,1H3,(H,13,14)(H2,15,16,17)/t8-/m0/s1. The minimum atomic E-state index is -0.275. The van der Waals surface area contributed by atoms with Crippen LogP contribution in [-0.4, -0.2) is 21.2 Å². The number of aromatic nitrogens is 3. The van der Waals surface area contributed by atoms with Gasteiger partial charge in [0.05, 0.1) is 17.9 Å². The Kier molecular flexibility index (Phi) is 3.34. The summed E-state index contributed by atoms with van der Waals surface area (Å²) in [4.78, 5) is 15.6. The topological polar surface area (TPSA) is 82.7 Å². The quantitative estimate of drug-likeness (QED) is 0.751. The summed E-state index contributed by atoms with van der Waals surface area (Å²) in [6, 6.07) is 3.37. The fraction of sp³-hybridized carbons (Fsp3) is 0.182. The van der Waals surface area contributed by atoms with E-state index in [0.717, 1.165) is 5.56 Å². The maximum atomic E-state index is 11.6. The monoisotopic (exact) mass is 231 g/mol. The van der Waals surface area contributed by atoms with Crippen LogP contribution in [-0.2, 0) is 0 Å². The van der Waals surface area contributed by atoms with Crippen LogP contribution in [0.3, 0.4) is 0 Å². The SMILES string of the molecule is C[C@H](NC(=O)Nc1cn[nH]c1)c1cccnc1. The smallest absolute Gasteiger partial charge is 0.319 e. The van der Waals surface area contributed by atoms with E-state index in [1.807, 2.05) is 19.1 Å². The molecule has 0 unspecified atom stereocenters. The molecule has 1 atom stereocenters. The third kappa shape index (κ3) is 3.04. The number of aromatic amines is 1. The van der Waals surface area contributed by atoms with Gasteiger partial charge in [-0.25, -0.2) is 4.79 Å². The highest BCUT2D eigenvalue weighted by molar-refractivity contribution is 5.89. The molecule has 17 heavy (non-hydrogen) atoms. The highest BCUT2D eigenvalue weighted by Crippen LogP contribution is 2.10. The van der Waals surface area contributed by atoms with Crippen molar-refractivity contribution in [3.05, 3.63) is 42.5 Å². The summed E-state index contributed by atoms with van der Waals surface area (Å²) in [5.41, 5.74) is 1.58. The molecule has 0 aliphatic carbocycles. The van der Waals surface area contributed by atoms with Gasteiger partial charge in [0, 0.05) is 18.6 Å². The van der Waals surface area contributed by atoms with E-state index >= 15 is 0 Å². The van der Waals surface area contributed by atoms with E-state index in [2.05, 4.69) is 25.8 Å². The summed E-state index contributed by atoms with van der Waals surface area (Å²) in [6.45, 7) is 1.89. The van der Waals surface area contributed by atoms with Gasteiger partial charge in [0.25, 0.3) is 0 Å². The van der Waals surface area contributed by atoms with Crippen LogP contribution in [0.4, 0.5) is 10.5 Å². The van der Waals surface area contributed by atoms with E-state index in [0.29, 0.717) is 5.69 Å². The number of hydrogen-bond acceptors (Lipinski definition) is 3. The number of anilines is 1. The molecule has 0 fully saturated rings. The molecule has 2 aromatic rings. The Labute approximate surface area is 98.5 Å². The predicted molar refractivity (Wildman–Crippen MR) is 63.4 cm³/mol. The Balaban J connectivity index is 1.91. The number of nitrogens with zero attached hydrogens (tertiary/aromatic N) is 2. The van der Waals surface area contributed by atoms with Crippen LogP contribution in [0.2, 0.25) is 0 Å². The van der Waals surface area contributed by atoms with Gasteiger partial charge in [0.2, 0.25) is 0 Å². The Bertz CT molecular complexity index is 468. The molecule has 0 bridgehead atoms. The third-order valence-electron chi connectivity index (χ3n) is 2.29. The van der Waals surface area contributed by atoms with Gasteiger partial charge >= 0.3 is 6.03 Å². The largest absolute Gasteiger partial charge is 0.331 e. The van der Waals surface area contributed by atoms with E-state index in [-0.39, 0.29) is 12.1 Å². The number of carbonyl (C=O) groups is 1. The zero-order valence-electron chi connectivity index (χ0n) is 9.34. The average molecular weight is 231 g/mol. The lowest BCUT2D eigenvalue weighted by Crippen LogP contribution is -2.31. The molecule has 6 heteroatoms. The zero-order chi connectivity index (χ0) is 12.1. The highest BCUT2D eigenvalue weighted by Gasteiger charge is 2.09. The van der Waals surface area contributed by atoms with E-state index < -0.39 is 0 Å². The first kappa shape index (κ1) is 11.1. The molecule has 2 aromatic heterocycles. The number of nitrogens with one attached hydrogen (secondary N) is 3. The molecule has 88 valence electrons. The van der Waals surface area contributed by atoms with Gasteiger partial charge in [-0.2, -0.15) is 5.10 Å². The first-order valence-electron chi connectivity index (χ1n) is 5.22. The van der Waals surface area contributed by atoms with Crippen molar-refractivity contribution in [3.8, 4) is 0 Å². The van der Waals surface area contributed by atoms with E-state index in [9.17, 15) is 4.79 Å². The normalized spacial score (nSPS) is 11.8. The second-order valence-corrected chi connectivity index (χ2v) is 3.59. The van der Waals surface area contributed by atoms with Crippen LogP contribution in [0, 0.1) is 0 Å². The van der Waals surface area contributed by atoms with Crippen molar-refractivity contribution in [3.63, 3.8) is 0 Å². The van der Waals surface area contributed by atoms with Gasteiger partial charge in [0.1, 0.15) is 0 Å². The molecule has 6 nitrogen and oxygen atoms in total. The lowest BCUT2D eigenvalue weighted by molar-refractivity contribution is 0.249. The van der Waals surface area contributed by atoms with Gasteiger partial charge in [0.15, 0.2) is 0 Å². The molecule has 0 aromatic carbocycles. The molecular weight excluding hydrogens is 218 g/mol. The highest BCUT2D eigenvalue weighted by atomic mass is 16.2. The third-order valence-corrected chi connectivity index (χ3v) is 2.29. The van der Waals surface area contributed by atoms with Gasteiger partial charge in [-0.05, 0) is 18.6 Å². The van der Waals surface area contributed by atoms with Crippen molar-refractivity contribution in [2.75, 3.05) is 5.32 Å². The summed E-state index contributed by atoms with van der Waals surface area (Å²) in [6.07, 6.45) is 6.56. The van der Waals surface area contributed by atoms with E-state index in [4.69, 9.17) is 0 Å². The average Bonchev–Trinajstić information content (AvgIpc) is 2.82. The molecule has 0 aliphatic heterocycles. The lowest BCUT2D eigenvalue weighted by Gasteiger charge is -2.13. The van der Waals surface area contributed by atoms with Gasteiger partial charge in [-0.3, -0.25) is 10.1 Å². The lowest BCUT2D eigenvalue weighted by atomic mass is 10.1. The van der Waals surface area contributed by atoms with Crippen molar-refractivity contribution in [2.24, 2.45) is 0 Å². The second-order valence-electron chi connectivity index (χ2n) is 3.59. The fourth-order valence-corrected chi connectivity index (χ4v) is 1.40. The van der Waals surface area contributed by atoms with Crippen LogP contribution in [0.15, 0.2) is 36.9 Å². The molecule has 0 aliphatic rings. The predicted octanol–water partition coefficient (Wildman–Crippen LogP) is 1.69. The number of H-pyrrole nitrogens is 1. The summed E-state index contributed by atoms with van der Waals surface area (Å²) in [7, 11) is 0. The Morgan fingerprint density at radius 3 is 3.00 bits per heavy atom. The number of rotatable bonds is 3. The van der Waals surface area contributed by atoms with Crippen molar-refractivity contribution < 1.29 is 4.79 Å². The molecule has 2 rings (SSSR count). The van der Waals surface area contributed by atoms with Crippen LogP contribution < -0.4 is 10.6 Å². The molecule has 0 saturated heterocycles. The minimum Gasteiger partial charge on any atom is -0.331 e. The van der Waals surface area contributed by atoms with Gasteiger partial charge in [-0.15, -0.1) is 0 Å². The maximum Gasteiger partial charge on any atom is 0.319 e. The number of carbonyl (C=O) groups excluding carboxylic acids is 1. The second kappa shape index (κ2) is 5.11. The summed E-state index contributed by atoms with van der Waals surface area (Å²) < 4.78 is 0. The first-order valence-corrected chi connectivity index (χ1v) is 5.22. The number of hydrogen-bond donors (Lipinski definition) is 3. The van der Waals surface area contributed by atoms with Crippen molar-refractivity contribution in [1.29, 1.82) is 0 Å². The minimum absolute atomic E-state index is 0.101. The molecule has 0 saturated carbocycles. The molecule has 0 spiro atoms. The number of urea groups is 1. The van der Waals surface area contributed by atoms with Crippen LogP contribution in [0.5, 0.6) is 0 Å². The number of amides is 2. The molecule has 2 heterocycles. The van der Waals surface area contributed by atoms with Crippen molar-refractivity contribution in [1.82, 2.24) is 20.5 Å². The molecule has 3 N–H and O–H groups in total. The van der Waals surface area contributed by atoms with Crippen molar-refractivity contribution >= 4 is 11.7 Å². The zero-order valence-corrected chi connectivity index (χ0v) is 9.34. The van der Waals surface area contributed by atoms with Crippen LogP contribution >= 0.6 is 0 Å². The van der Waals surface area contributed by atoms with E-state index in [1.54, 1.807) is 18.6 Å². The number of pyridine rings is 1. The van der Waals surface area contributed by atoms with Gasteiger partial charge in [-0.1, -0.05) is 6.07 Å². The summed E-state index contributed by atoms with van der Waals surface area (Å²) in [5, 5.41) is 11.8. The Morgan fingerprint density at radius 1 is 1.47 bits per heavy atom. The molecular formula is C11H13N5O. The summed E-state index contributed by atoms with van der Waals surface area (Å²) in [5.74, 6) is 0. The van der Waals surface area contributed by atoms with Gasteiger partial charge < -0.3 is 10.6 Å². The van der Waals surface area contributed by atoms with Crippen LogP contribution in [0.1, 0.15) is 18.5 Å². The Morgan fingerprint density at radius 2 is 2.35 bits per heavy atom. The first-order chi connectivity index (χ1) is 8.25. The maximum absolute atomic E-state index is 11.6. The molecule has 0 radical (unpaired) electrons. The van der Waals surface area contributed by atoms with Crippen LogP contribution in [0.25, 0.3) is 0 Å². The Hall–Kier alpha value is -2.37. The molecule has 2 amide bonds. The fourth-order valence-electron chi connectivity index (χ4n) is 1.40. The van der Waals surface area contributed by atoms with E-state index in [1.165, 1.54) is 6.20 Å². The van der Waals surface area contributed by atoms with Crippen molar-refractivity contribution in [2.45, 2.75) is 13.0 Å². The summed E-state index contributed by atoms with van der Waals surface area (Å²) >= 11 is 0.